The van der Waals surface area contributed by atoms with Crippen molar-refractivity contribution in [3.05, 3.63) is 24.3 Å². The van der Waals surface area contributed by atoms with E-state index in [0.29, 0.717) is 18.4 Å². The first kappa shape index (κ1) is 18.1. The molecule has 0 spiro atoms. The van der Waals surface area contributed by atoms with Crippen LogP contribution in [0.15, 0.2) is 18.6 Å². The molecule has 2 N–H and O–H groups in total. The fourth-order valence-corrected chi connectivity index (χ4v) is 3.69. The van der Waals surface area contributed by atoms with E-state index in [4.69, 9.17) is 5.73 Å². The second-order valence-electron chi connectivity index (χ2n) is 5.83. The Bertz CT molecular complexity index is 471. The van der Waals surface area contributed by atoms with Crippen molar-refractivity contribution in [3.8, 4) is 0 Å². The summed E-state index contributed by atoms with van der Waals surface area (Å²) in [6, 6.07) is 0.0514. The van der Waals surface area contributed by atoms with Crippen LogP contribution in [0.4, 0.5) is 0 Å². The van der Waals surface area contributed by atoms with Gasteiger partial charge in [0.25, 0.3) is 0 Å². The van der Waals surface area contributed by atoms with E-state index in [1.165, 1.54) is 6.42 Å². The summed E-state index contributed by atoms with van der Waals surface area (Å²) in [5.41, 5.74) is 7.04. The van der Waals surface area contributed by atoms with Gasteiger partial charge in [-0.25, -0.2) is 0 Å². The molecule has 4 unspecified atom stereocenters. The maximum atomic E-state index is 12.5. The lowest BCUT2D eigenvalue weighted by atomic mass is 9.84. The topological polar surface area (TPSA) is 72.1 Å². The first-order chi connectivity index (χ1) is 9.16. The first-order valence-corrected chi connectivity index (χ1v) is 6.92. The van der Waals surface area contributed by atoms with E-state index < -0.39 is 0 Å². The third kappa shape index (κ3) is 3.47. The van der Waals surface area contributed by atoms with Crippen molar-refractivity contribution in [1.82, 2.24) is 14.9 Å². The highest BCUT2D eigenvalue weighted by Gasteiger charge is 2.49. The highest BCUT2D eigenvalue weighted by molar-refractivity contribution is 5.85. The van der Waals surface area contributed by atoms with Gasteiger partial charge in [0.2, 0.25) is 5.91 Å². The quantitative estimate of drug-likeness (QED) is 0.913. The number of halogens is 2. The van der Waals surface area contributed by atoms with Crippen molar-refractivity contribution >= 4 is 30.7 Å². The molecule has 2 saturated carbocycles. The minimum absolute atomic E-state index is 0. The van der Waals surface area contributed by atoms with Crippen LogP contribution in [0.2, 0.25) is 0 Å². The zero-order valence-electron chi connectivity index (χ0n) is 12.0. The van der Waals surface area contributed by atoms with E-state index in [0.717, 1.165) is 18.5 Å². The predicted molar refractivity (Wildman–Crippen MR) is 85.3 cm³/mol. The van der Waals surface area contributed by atoms with Gasteiger partial charge in [0.15, 0.2) is 0 Å². The molecule has 1 aromatic rings. The van der Waals surface area contributed by atoms with Crippen molar-refractivity contribution in [2.24, 2.45) is 23.5 Å². The van der Waals surface area contributed by atoms with Crippen molar-refractivity contribution < 1.29 is 4.79 Å². The van der Waals surface area contributed by atoms with Crippen LogP contribution in [0.3, 0.4) is 0 Å². The second-order valence-corrected chi connectivity index (χ2v) is 5.83. The van der Waals surface area contributed by atoms with Gasteiger partial charge in [-0.05, 0) is 31.1 Å². The molecule has 118 valence electrons. The molecular formula is C14H22Cl2N4O. The van der Waals surface area contributed by atoms with Crippen LogP contribution in [0.1, 0.15) is 25.0 Å². The summed E-state index contributed by atoms with van der Waals surface area (Å²) in [6.45, 7) is 0.507. The Balaban J connectivity index is 0.00000110. The molecular weight excluding hydrogens is 311 g/mol. The average Bonchev–Trinajstić information content (AvgIpc) is 3.00. The highest BCUT2D eigenvalue weighted by Crippen LogP contribution is 2.48. The van der Waals surface area contributed by atoms with Crippen LogP contribution in [0, 0.1) is 17.8 Å². The second kappa shape index (κ2) is 7.38. The Morgan fingerprint density at radius 3 is 2.62 bits per heavy atom. The molecule has 0 aliphatic heterocycles. The van der Waals surface area contributed by atoms with Crippen LogP contribution in [-0.4, -0.2) is 33.9 Å². The lowest BCUT2D eigenvalue weighted by Crippen LogP contribution is -2.45. The lowest BCUT2D eigenvalue weighted by molar-refractivity contribution is -0.137. The van der Waals surface area contributed by atoms with E-state index in [-0.39, 0.29) is 42.7 Å². The molecule has 4 atom stereocenters. The summed E-state index contributed by atoms with van der Waals surface area (Å²) in [7, 11) is 1.83. The maximum absolute atomic E-state index is 12.5. The van der Waals surface area contributed by atoms with Gasteiger partial charge in [0.1, 0.15) is 0 Å². The van der Waals surface area contributed by atoms with Crippen molar-refractivity contribution in [2.45, 2.75) is 31.8 Å². The van der Waals surface area contributed by atoms with E-state index in [2.05, 4.69) is 9.97 Å². The van der Waals surface area contributed by atoms with Gasteiger partial charge in [-0.15, -0.1) is 24.8 Å². The number of nitrogens with zero attached hydrogens (tertiary/aromatic N) is 3. The Hall–Kier alpha value is -0.910. The van der Waals surface area contributed by atoms with Gasteiger partial charge in [-0.2, -0.15) is 0 Å². The Morgan fingerprint density at radius 2 is 2.05 bits per heavy atom. The number of amides is 1. The number of hydrogen-bond donors (Lipinski definition) is 1. The zero-order valence-corrected chi connectivity index (χ0v) is 13.6. The molecule has 2 fully saturated rings. The number of aromatic nitrogens is 2. The number of fused-ring (bicyclic) bond motifs is 2. The third-order valence-corrected chi connectivity index (χ3v) is 4.66. The fourth-order valence-electron chi connectivity index (χ4n) is 3.69. The van der Waals surface area contributed by atoms with Crippen LogP contribution in [0.5, 0.6) is 0 Å². The number of carbonyl (C=O) groups is 1. The fraction of sp³-hybridized carbons (Fsp3) is 0.643. The van der Waals surface area contributed by atoms with Crippen LogP contribution >= 0.6 is 24.8 Å². The number of hydrogen-bond acceptors (Lipinski definition) is 4. The van der Waals surface area contributed by atoms with E-state index in [1.807, 2.05) is 7.05 Å². The van der Waals surface area contributed by atoms with E-state index >= 15 is 0 Å². The molecule has 2 aliphatic rings. The predicted octanol–water partition coefficient (Wildman–Crippen LogP) is 1.65. The molecule has 1 heterocycles. The minimum atomic E-state index is 0. The van der Waals surface area contributed by atoms with Crippen molar-refractivity contribution in [3.63, 3.8) is 0 Å². The van der Waals surface area contributed by atoms with Gasteiger partial charge in [0.05, 0.1) is 24.4 Å². The number of rotatable bonds is 3. The van der Waals surface area contributed by atoms with Gasteiger partial charge in [-0.3, -0.25) is 14.8 Å². The molecule has 0 radical (unpaired) electrons. The number of carbonyl (C=O) groups excluding carboxylic acids is 1. The third-order valence-electron chi connectivity index (χ3n) is 4.66. The van der Waals surface area contributed by atoms with E-state index in [9.17, 15) is 4.79 Å². The number of nitrogens with two attached hydrogens (primary N) is 1. The van der Waals surface area contributed by atoms with Crippen LogP contribution in [-0.2, 0) is 11.3 Å². The Morgan fingerprint density at radius 1 is 1.33 bits per heavy atom. The standard InChI is InChI=1S/C14H20N4O.2ClH/c1-18(8-11-7-16-4-5-17-11)14(19)12-9-2-3-10(6-9)13(12)15;;/h4-5,7,9-10,12-13H,2-3,6,8,15H2,1H3;2*1H. The smallest absolute Gasteiger partial charge is 0.227 e. The maximum Gasteiger partial charge on any atom is 0.227 e. The molecule has 3 rings (SSSR count). The summed E-state index contributed by atoms with van der Waals surface area (Å²) in [4.78, 5) is 22.5. The molecule has 0 saturated heterocycles. The molecule has 1 amide bonds. The lowest BCUT2D eigenvalue weighted by Gasteiger charge is -2.30. The van der Waals surface area contributed by atoms with Crippen LogP contribution < -0.4 is 5.73 Å². The molecule has 7 heteroatoms. The molecule has 5 nitrogen and oxygen atoms in total. The SMILES string of the molecule is CN(Cc1cnccn1)C(=O)C1C2CCC(C2)C1N.Cl.Cl. The molecule has 21 heavy (non-hydrogen) atoms. The zero-order chi connectivity index (χ0) is 13.4. The summed E-state index contributed by atoms with van der Waals surface area (Å²) in [5.74, 6) is 1.24. The average molecular weight is 333 g/mol. The first-order valence-electron chi connectivity index (χ1n) is 6.92. The summed E-state index contributed by atoms with van der Waals surface area (Å²) in [6.07, 6.45) is 8.48. The molecule has 2 aliphatic carbocycles. The van der Waals surface area contributed by atoms with Gasteiger partial charge < -0.3 is 10.6 Å². The Kier molecular flexibility index (Phi) is 6.38. The summed E-state index contributed by atoms with van der Waals surface area (Å²) in [5, 5.41) is 0. The minimum Gasteiger partial charge on any atom is -0.339 e. The monoisotopic (exact) mass is 332 g/mol. The molecule has 1 aromatic heterocycles. The van der Waals surface area contributed by atoms with Crippen molar-refractivity contribution in [2.75, 3.05) is 7.05 Å². The molecule has 2 bridgehead atoms. The van der Waals surface area contributed by atoms with E-state index in [1.54, 1.807) is 23.5 Å². The van der Waals surface area contributed by atoms with Crippen molar-refractivity contribution in [1.29, 1.82) is 0 Å². The van der Waals surface area contributed by atoms with Gasteiger partial charge >= 0.3 is 0 Å². The van der Waals surface area contributed by atoms with Crippen LogP contribution in [0.25, 0.3) is 0 Å². The summed E-state index contributed by atoms with van der Waals surface area (Å²) >= 11 is 0. The van der Waals surface area contributed by atoms with Gasteiger partial charge in [-0.1, -0.05) is 0 Å². The molecule has 0 aromatic carbocycles. The van der Waals surface area contributed by atoms with Gasteiger partial charge in [0, 0.05) is 25.5 Å². The normalized spacial score (nSPS) is 29.4. The summed E-state index contributed by atoms with van der Waals surface area (Å²) < 4.78 is 0. The highest BCUT2D eigenvalue weighted by atomic mass is 35.5. The Labute approximate surface area is 137 Å². The largest absolute Gasteiger partial charge is 0.339 e.